The minimum Gasteiger partial charge on any atom is -0.478 e. The molecule has 0 aliphatic carbocycles. The summed E-state index contributed by atoms with van der Waals surface area (Å²) in [7, 11) is 0. The van der Waals surface area contributed by atoms with Gasteiger partial charge in [0.25, 0.3) is 5.88 Å². The number of carboxylic acid groups (broad SMARTS) is 1. The Bertz CT molecular complexity index is 991. The molecule has 27 heavy (non-hydrogen) atoms. The third-order valence-corrected chi connectivity index (χ3v) is 4.53. The standard InChI is InChI=1S/C19H15Cl2N3O3/c1-10(16-13(20)6-3-7-14(16)21)27-18-17(22)23-9-15(24-18)11-4-2-5-12(8-11)19(25)26/h2-10H,1H3,(H2,22,23)(H,25,26). The number of hydrogen-bond donors (Lipinski definition) is 2. The Labute approximate surface area is 165 Å². The Morgan fingerprint density at radius 3 is 2.52 bits per heavy atom. The predicted molar refractivity (Wildman–Crippen MR) is 104 cm³/mol. The molecular formula is C19H15Cl2N3O3. The van der Waals surface area contributed by atoms with Crippen LogP contribution in [0, 0.1) is 0 Å². The molecule has 6 nitrogen and oxygen atoms in total. The summed E-state index contributed by atoms with van der Waals surface area (Å²) in [4.78, 5) is 19.6. The number of ether oxygens (including phenoxy) is 1. The lowest BCUT2D eigenvalue weighted by Gasteiger charge is -2.18. The normalized spacial score (nSPS) is 11.8. The average Bonchev–Trinajstić information content (AvgIpc) is 2.63. The van der Waals surface area contributed by atoms with E-state index in [1.54, 1.807) is 37.3 Å². The largest absolute Gasteiger partial charge is 0.478 e. The minimum atomic E-state index is -1.03. The first-order valence-corrected chi connectivity index (χ1v) is 8.69. The van der Waals surface area contributed by atoms with Gasteiger partial charge in [0.1, 0.15) is 6.10 Å². The molecule has 3 aromatic rings. The number of aromatic carboxylic acids is 1. The molecule has 0 radical (unpaired) electrons. The van der Waals surface area contributed by atoms with Gasteiger partial charge in [-0.05, 0) is 31.2 Å². The third kappa shape index (κ3) is 4.13. The summed E-state index contributed by atoms with van der Waals surface area (Å²) in [5, 5.41) is 10.1. The molecule has 3 rings (SSSR count). The van der Waals surface area contributed by atoms with Gasteiger partial charge in [-0.3, -0.25) is 0 Å². The molecule has 1 aromatic heterocycles. The first-order chi connectivity index (χ1) is 12.9. The molecule has 3 N–H and O–H groups in total. The fraction of sp³-hybridized carbons (Fsp3) is 0.105. The molecule has 0 bridgehead atoms. The summed E-state index contributed by atoms with van der Waals surface area (Å²) in [6, 6.07) is 11.5. The molecule has 0 aliphatic rings. The van der Waals surface area contributed by atoms with Gasteiger partial charge in [0, 0.05) is 21.2 Å². The van der Waals surface area contributed by atoms with E-state index in [1.165, 1.54) is 18.3 Å². The van der Waals surface area contributed by atoms with Crippen molar-refractivity contribution < 1.29 is 14.6 Å². The highest BCUT2D eigenvalue weighted by molar-refractivity contribution is 6.36. The van der Waals surface area contributed by atoms with E-state index in [0.29, 0.717) is 26.9 Å². The maximum absolute atomic E-state index is 11.2. The van der Waals surface area contributed by atoms with Gasteiger partial charge in [-0.2, -0.15) is 0 Å². The summed E-state index contributed by atoms with van der Waals surface area (Å²) in [5.41, 5.74) is 7.65. The second kappa shape index (κ2) is 7.82. The minimum absolute atomic E-state index is 0.100. The van der Waals surface area contributed by atoms with Crippen molar-refractivity contribution in [2.24, 2.45) is 0 Å². The monoisotopic (exact) mass is 403 g/mol. The van der Waals surface area contributed by atoms with Crippen LogP contribution in [-0.4, -0.2) is 21.0 Å². The van der Waals surface area contributed by atoms with Crippen molar-refractivity contribution in [3.63, 3.8) is 0 Å². The number of halogens is 2. The van der Waals surface area contributed by atoms with Crippen LogP contribution >= 0.6 is 23.2 Å². The first kappa shape index (κ1) is 18.9. The maximum atomic E-state index is 11.2. The van der Waals surface area contributed by atoms with Crippen LogP contribution in [0.1, 0.15) is 28.9 Å². The zero-order valence-corrected chi connectivity index (χ0v) is 15.7. The van der Waals surface area contributed by atoms with Gasteiger partial charge in [-0.1, -0.05) is 41.4 Å². The van der Waals surface area contributed by atoms with Crippen LogP contribution in [-0.2, 0) is 0 Å². The Morgan fingerprint density at radius 2 is 1.85 bits per heavy atom. The number of anilines is 1. The second-order valence-corrected chi connectivity index (χ2v) is 6.54. The van der Waals surface area contributed by atoms with Crippen LogP contribution in [0.4, 0.5) is 5.82 Å². The number of hydrogen-bond acceptors (Lipinski definition) is 5. The molecule has 138 valence electrons. The Morgan fingerprint density at radius 1 is 1.19 bits per heavy atom. The molecule has 2 aromatic carbocycles. The van der Waals surface area contributed by atoms with E-state index >= 15 is 0 Å². The van der Waals surface area contributed by atoms with Crippen LogP contribution in [0.2, 0.25) is 10.0 Å². The molecule has 1 unspecified atom stereocenters. The highest BCUT2D eigenvalue weighted by Gasteiger charge is 2.18. The van der Waals surface area contributed by atoms with Gasteiger partial charge in [0.15, 0.2) is 5.82 Å². The van der Waals surface area contributed by atoms with Crippen molar-refractivity contribution >= 4 is 35.0 Å². The summed E-state index contributed by atoms with van der Waals surface area (Å²) in [6.07, 6.45) is 0.930. The molecule has 0 aliphatic heterocycles. The van der Waals surface area contributed by atoms with Crippen LogP contribution < -0.4 is 10.5 Å². The Hall–Kier alpha value is -2.83. The average molecular weight is 404 g/mol. The number of nitrogen functional groups attached to an aromatic ring is 1. The van der Waals surface area contributed by atoms with Crippen LogP contribution in [0.5, 0.6) is 5.88 Å². The van der Waals surface area contributed by atoms with Crippen molar-refractivity contribution in [3.05, 3.63) is 69.8 Å². The zero-order chi connectivity index (χ0) is 19.6. The van der Waals surface area contributed by atoms with Crippen molar-refractivity contribution in [2.45, 2.75) is 13.0 Å². The molecule has 1 heterocycles. The highest BCUT2D eigenvalue weighted by Crippen LogP contribution is 2.34. The topological polar surface area (TPSA) is 98.3 Å². The molecule has 1 atom stereocenters. The summed E-state index contributed by atoms with van der Waals surface area (Å²) in [5.74, 6) is -0.821. The molecule has 8 heteroatoms. The fourth-order valence-corrected chi connectivity index (χ4v) is 3.25. The maximum Gasteiger partial charge on any atom is 0.335 e. The number of nitrogens with two attached hydrogens (primary N) is 1. The Kier molecular flexibility index (Phi) is 5.48. The lowest BCUT2D eigenvalue weighted by molar-refractivity contribution is 0.0697. The van der Waals surface area contributed by atoms with Crippen LogP contribution in [0.3, 0.4) is 0 Å². The van der Waals surface area contributed by atoms with Crippen molar-refractivity contribution in [3.8, 4) is 17.1 Å². The number of rotatable bonds is 5. The first-order valence-electron chi connectivity index (χ1n) is 7.93. The van der Waals surface area contributed by atoms with E-state index < -0.39 is 12.1 Å². The van der Waals surface area contributed by atoms with E-state index in [0.717, 1.165) is 0 Å². The van der Waals surface area contributed by atoms with Gasteiger partial charge in [0.05, 0.1) is 17.5 Å². The zero-order valence-electron chi connectivity index (χ0n) is 14.2. The van der Waals surface area contributed by atoms with Gasteiger partial charge in [-0.15, -0.1) is 0 Å². The molecule has 0 spiro atoms. The molecule has 0 amide bonds. The SMILES string of the molecule is CC(Oc1nc(-c2cccc(C(=O)O)c2)cnc1N)c1c(Cl)cccc1Cl. The smallest absolute Gasteiger partial charge is 0.335 e. The van der Waals surface area contributed by atoms with Gasteiger partial charge in [0.2, 0.25) is 0 Å². The number of benzene rings is 2. The third-order valence-electron chi connectivity index (χ3n) is 3.87. The predicted octanol–water partition coefficient (Wildman–Crippen LogP) is 4.87. The molecular weight excluding hydrogens is 389 g/mol. The van der Waals surface area contributed by atoms with E-state index in [9.17, 15) is 4.79 Å². The summed E-state index contributed by atoms with van der Waals surface area (Å²) >= 11 is 12.4. The lowest BCUT2D eigenvalue weighted by atomic mass is 10.1. The highest BCUT2D eigenvalue weighted by atomic mass is 35.5. The summed E-state index contributed by atoms with van der Waals surface area (Å²) in [6.45, 7) is 1.77. The van der Waals surface area contributed by atoms with Gasteiger partial charge in [-0.25, -0.2) is 14.8 Å². The lowest BCUT2D eigenvalue weighted by Crippen LogP contribution is -2.09. The van der Waals surface area contributed by atoms with E-state index in [-0.39, 0.29) is 17.3 Å². The van der Waals surface area contributed by atoms with Crippen molar-refractivity contribution in [2.75, 3.05) is 5.73 Å². The fourth-order valence-electron chi connectivity index (χ4n) is 2.54. The van der Waals surface area contributed by atoms with E-state index in [1.807, 2.05) is 0 Å². The van der Waals surface area contributed by atoms with E-state index in [2.05, 4.69) is 9.97 Å². The summed E-state index contributed by atoms with van der Waals surface area (Å²) < 4.78 is 5.85. The number of aromatic nitrogens is 2. The quantitative estimate of drug-likeness (QED) is 0.630. The van der Waals surface area contributed by atoms with Crippen molar-refractivity contribution in [1.82, 2.24) is 9.97 Å². The molecule has 0 fully saturated rings. The van der Waals surface area contributed by atoms with Gasteiger partial charge >= 0.3 is 5.97 Å². The van der Waals surface area contributed by atoms with Crippen LogP contribution in [0.15, 0.2) is 48.7 Å². The number of carboxylic acids is 1. The Balaban J connectivity index is 1.94. The number of nitrogens with zero attached hydrogens (tertiary/aromatic N) is 2. The van der Waals surface area contributed by atoms with Gasteiger partial charge < -0.3 is 15.6 Å². The second-order valence-electron chi connectivity index (χ2n) is 5.73. The molecule has 0 saturated heterocycles. The number of carbonyl (C=O) groups is 1. The van der Waals surface area contributed by atoms with Crippen LogP contribution in [0.25, 0.3) is 11.3 Å². The van der Waals surface area contributed by atoms with Crippen molar-refractivity contribution in [1.29, 1.82) is 0 Å². The van der Waals surface area contributed by atoms with E-state index in [4.69, 9.17) is 38.8 Å². The molecule has 0 saturated carbocycles.